The summed E-state index contributed by atoms with van der Waals surface area (Å²) in [6, 6.07) is 3.68. The first-order valence-electron chi connectivity index (χ1n) is 5.45. The van der Waals surface area contributed by atoms with E-state index in [1.807, 2.05) is 19.2 Å². The second-order valence-electron chi connectivity index (χ2n) is 4.28. The van der Waals surface area contributed by atoms with Gasteiger partial charge in [0.1, 0.15) is 5.82 Å². The molecule has 0 amide bonds. The third-order valence-electron chi connectivity index (χ3n) is 2.63. The van der Waals surface area contributed by atoms with Crippen molar-refractivity contribution in [2.75, 3.05) is 12.4 Å². The van der Waals surface area contributed by atoms with Gasteiger partial charge in [-0.15, -0.1) is 0 Å². The number of nitrogens with zero attached hydrogens (tertiary/aromatic N) is 1. The van der Waals surface area contributed by atoms with Gasteiger partial charge in [0, 0.05) is 7.05 Å². The molecule has 4 heteroatoms. The number of rotatable bonds is 5. The van der Waals surface area contributed by atoms with Gasteiger partial charge < -0.3 is 10.1 Å². The molecule has 90 valence electrons. The molecule has 0 unspecified atom stereocenters. The number of hydrogen-bond donors (Lipinski definition) is 1. The summed E-state index contributed by atoms with van der Waals surface area (Å²) in [6.07, 6.45) is 0.955. The maximum Gasteiger partial charge on any atom is 0.126 e. The number of aromatic nitrogens is 1. The van der Waals surface area contributed by atoms with Crippen LogP contribution < -0.4 is 5.32 Å². The van der Waals surface area contributed by atoms with E-state index in [0.29, 0.717) is 11.6 Å². The summed E-state index contributed by atoms with van der Waals surface area (Å²) in [4.78, 5) is 4.36. The minimum Gasteiger partial charge on any atom is -0.373 e. The Hall–Kier alpha value is -0.800. The molecule has 0 aliphatic heterocycles. The first-order valence-corrected chi connectivity index (χ1v) is 5.83. The molecule has 0 atom stereocenters. The number of halogens is 1. The van der Waals surface area contributed by atoms with Gasteiger partial charge in [-0.2, -0.15) is 0 Å². The number of anilines is 1. The Balaban J connectivity index is 2.73. The molecule has 0 aliphatic carbocycles. The molecule has 1 N–H and O–H groups in total. The standard InChI is InChI=1S/C12H19ClN2O/c1-5-12(2,3)16-8-10-9(13)6-7-11(14-4)15-10/h6-7H,5,8H2,1-4H3,(H,14,15). The van der Waals surface area contributed by atoms with Crippen LogP contribution in [0.15, 0.2) is 12.1 Å². The average Bonchev–Trinajstić information content (AvgIpc) is 2.28. The van der Waals surface area contributed by atoms with E-state index >= 15 is 0 Å². The smallest absolute Gasteiger partial charge is 0.126 e. The maximum atomic E-state index is 6.05. The molecule has 0 saturated carbocycles. The first-order chi connectivity index (χ1) is 7.48. The largest absolute Gasteiger partial charge is 0.373 e. The number of pyridine rings is 1. The Morgan fingerprint density at radius 3 is 2.69 bits per heavy atom. The molecule has 0 aliphatic rings. The summed E-state index contributed by atoms with van der Waals surface area (Å²) in [5.74, 6) is 0.803. The monoisotopic (exact) mass is 242 g/mol. The van der Waals surface area contributed by atoms with Gasteiger partial charge in [-0.1, -0.05) is 18.5 Å². The zero-order valence-corrected chi connectivity index (χ0v) is 11.1. The number of ether oxygens (including phenoxy) is 1. The lowest BCUT2D eigenvalue weighted by molar-refractivity contribution is -0.0329. The van der Waals surface area contributed by atoms with Crippen molar-refractivity contribution in [1.82, 2.24) is 4.98 Å². The van der Waals surface area contributed by atoms with Crippen LogP contribution in [-0.2, 0) is 11.3 Å². The van der Waals surface area contributed by atoms with Gasteiger partial charge in [0.2, 0.25) is 0 Å². The van der Waals surface area contributed by atoms with Crippen molar-refractivity contribution in [3.8, 4) is 0 Å². The molecule has 0 bridgehead atoms. The Bertz CT molecular complexity index is 353. The van der Waals surface area contributed by atoms with Gasteiger partial charge in [0.05, 0.1) is 22.9 Å². The van der Waals surface area contributed by atoms with E-state index in [1.165, 1.54) is 0 Å². The first kappa shape index (κ1) is 13.3. The van der Waals surface area contributed by atoms with Crippen molar-refractivity contribution in [3.05, 3.63) is 22.8 Å². The SMILES string of the molecule is CCC(C)(C)OCc1nc(NC)ccc1Cl. The summed E-state index contributed by atoms with van der Waals surface area (Å²) >= 11 is 6.05. The second kappa shape index (κ2) is 5.51. The normalized spacial score (nSPS) is 11.6. The fourth-order valence-electron chi connectivity index (χ4n) is 1.09. The zero-order chi connectivity index (χ0) is 12.2. The van der Waals surface area contributed by atoms with E-state index in [9.17, 15) is 0 Å². The number of nitrogens with one attached hydrogen (secondary N) is 1. The minimum atomic E-state index is -0.138. The van der Waals surface area contributed by atoms with Crippen molar-refractivity contribution in [3.63, 3.8) is 0 Å². The fraction of sp³-hybridized carbons (Fsp3) is 0.583. The van der Waals surface area contributed by atoms with Gasteiger partial charge in [-0.05, 0) is 32.4 Å². The molecule has 1 rings (SSSR count). The third-order valence-corrected chi connectivity index (χ3v) is 2.97. The summed E-state index contributed by atoms with van der Waals surface area (Å²) in [7, 11) is 1.83. The highest BCUT2D eigenvalue weighted by molar-refractivity contribution is 6.31. The topological polar surface area (TPSA) is 34.1 Å². The Labute approximate surface area is 102 Å². The van der Waals surface area contributed by atoms with Crippen molar-refractivity contribution >= 4 is 17.4 Å². The molecule has 0 saturated heterocycles. The number of hydrogen-bond acceptors (Lipinski definition) is 3. The van der Waals surface area contributed by atoms with Gasteiger partial charge in [-0.3, -0.25) is 0 Å². The van der Waals surface area contributed by atoms with Crippen LogP contribution in [0.4, 0.5) is 5.82 Å². The Morgan fingerprint density at radius 2 is 2.12 bits per heavy atom. The van der Waals surface area contributed by atoms with E-state index in [0.717, 1.165) is 17.9 Å². The van der Waals surface area contributed by atoms with Crippen LogP contribution in [0.25, 0.3) is 0 Å². The van der Waals surface area contributed by atoms with Crippen LogP contribution in [0.3, 0.4) is 0 Å². The highest BCUT2D eigenvalue weighted by Gasteiger charge is 2.16. The molecule has 0 radical (unpaired) electrons. The summed E-state index contributed by atoms with van der Waals surface area (Å²) < 4.78 is 5.77. The highest BCUT2D eigenvalue weighted by Crippen LogP contribution is 2.21. The minimum absolute atomic E-state index is 0.138. The molecule has 3 nitrogen and oxygen atoms in total. The molecule has 0 aromatic carbocycles. The van der Waals surface area contributed by atoms with Crippen LogP contribution in [0.5, 0.6) is 0 Å². The van der Waals surface area contributed by atoms with Crippen molar-refractivity contribution in [2.45, 2.75) is 39.4 Å². The lowest BCUT2D eigenvalue weighted by atomic mass is 10.1. The molecular weight excluding hydrogens is 224 g/mol. The van der Waals surface area contributed by atoms with Crippen molar-refractivity contribution < 1.29 is 4.74 Å². The zero-order valence-electron chi connectivity index (χ0n) is 10.3. The summed E-state index contributed by atoms with van der Waals surface area (Å²) in [5, 5.41) is 3.62. The molecule has 16 heavy (non-hydrogen) atoms. The summed E-state index contributed by atoms with van der Waals surface area (Å²) in [5.41, 5.74) is 0.635. The quantitative estimate of drug-likeness (QED) is 0.859. The predicted octanol–water partition coefficient (Wildman–Crippen LogP) is 3.48. The molecule has 1 aromatic heterocycles. The Kier molecular flexibility index (Phi) is 4.56. The van der Waals surface area contributed by atoms with Crippen molar-refractivity contribution in [2.24, 2.45) is 0 Å². The van der Waals surface area contributed by atoms with Gasteiger partial charge in [0.25, 0.3) is 0 Å². The Morgan fingerprint density at radius 1 is 1.44 bits per heavy atom. The fourth-order valence-corrected chi connectivity index (χ4v) is 1.25. The van der Waals surface area contributed by atoms with Crippen LogP contribution >= 0.6 is 11.6 Å². The molecule has 0 fully saturated rings. The van der Waals surface area contributed by atoms with Crippen LogP contribution in [0.2, 0.25) is 5.02 Å². The van der Waals surface area contributed by atoms with E-state index in [2.05, 4.69) is 31.1 Å². The molecule has 0 spiro atoms. The molecular formula is C12H19ClN2O. The van der Waals surface area contributed by atoms with Crippen LogP contribution in [-0.4, -0.2) is 17.6 Å². The predicted molar refractivity (Wildman–Crippen MR) is 68.0 cm³/mol. The van der Waals surface area contributed by atoms with Gasteiger partial charge >= 0.3 is 0 Å². The second-order valence-corrected chi connectivity index (χ2v) is 4.68. The van der Waals surface area contributed by atoms with Crippen LogP contribution in [0.1, 0.15) is 32.9 Å². The highest BCUT2D eigenvalue weighted by atomic mass is 35.5. The van der Waals surface area contributed by atoms with E-state index < -0.39 is 0 Å². The average molecular weight is 243 g/mol. The van der Waals surface area contributed by atoms with E-state index in [-0.39, 0.29) is 5.60 Å². The van der Waals surface area contributed by atoms with Gasteiger partial charge in [-0.25, -0.2) is 4.98 Å². The lowest BCUT2D eigenvalue weighted by Crippen LogP contribution is -2.23. The van der Waals surface area contributed by atoms with E-state index in [1.54, 1.807) is 0 Å². The maximum absolute atomic E-state index is 6.05. The molecule has 1 heterocycles. The third kappa shape index (κ3) is 3.65. The van der Waals surface area contributed by atoms with Gasteiger partial charge in [0.15, 0.2) is 0 Å². The molecule has 1 aromatic rings. The lowest BCUT2D eigenvalue weighted by Gasteiger charge is -2.23. The van der Waals surface area contributed by atoms with E-state index in [4.69, 9.17) is 16.3 Å². The van der Waals surface area contributed by atoms with Crippen molar-refractivity contribution in [1.29, 1.82) is 0 Å². The summed E-state index contributed by atoms with van der Waals surface area (Å²) in [6.45, 7) is 6.65. The van der Waals surface area contributed by atoms with Crippen LogP contribution in [0, 0.1) is 0 Å².